The third-order valence-corrected chi connectivity index (χ3v) is 4.84. The number of nitrogens with zero attached hydrogens (tertiary/aromatic N) is 4. The Morgan fingerprint density at radius 2 is 1.86 bits per heavy atom. The molecule has 2 aromatic carbocycles. The van der Waals surface area contributed by atoms with Gasteiger partial charge in [-0.1, -0.05) is 17.7 Å². The van der Waals surface area contributed by atoms with E-state index >= 15 is 0 Å². The smallest absolute Gasteiger partial charge is 0.142 e. The van der Waals surface area contributed by atoms with Crippen LogP contribution in [0.2, 0.25) is 5.02 Å². The minimum atomic E-state index is -0.534. The highest BCUT2D eigenvalue weighted by Crippen LogP contribution is 2.40. The summed E-state index contributed by atoms with van der Waals surface area (Å²) >= 11 is 6.23. The van der Waals surface area contributed by atoms with E-state index in [2.05, 4.69) is 30.7 Å². The van der Waals surface area contributed by atoms with Gasteiger partial charge in [-0.15, -0.1) is 0 Å². The van der Waals surface area contributed by atoms with Crippen molar-refractivity contribution >= 4 is 28.8 Å². The molecule has 0 saturated carbocycles. The number of aromatic nitrogens is 4. The van der Waals surface area contributed by atoms with Crippen molar-refractivity contribution in [2.75, 3.05) is 5.32 Å². The summed E-state index contributed by atoms with van der Waals surface area (Å²) in [5.41, 5.74) is 2.61. The summed E-state index contributed by atoms with van der Waals surface area (Å²) in [5.74, 6) is -0.841. The van der Waals surface area contributed by atoms with Crippen LogP contribution in [-0.4, -0.2) is 26.2 Å². The van der Waals surface area contributed by atoms with Gasteiger partial charge in [-0.05, 0) is 36.4 Å². The number of amidine groups is 1. The summed E-state index contributed by atoms with van der Waals surface area (Å²) in [6.45, 7) is 0. The molecule has 0 aliphatic carbocycles. The van der Waals surface area contributed by atoms with E-state index in [1.54, 1.807) is 24.3 Å². The van der Waals surface area contributed by atoms with E-state index < -0.39 is 11.6 Å². The first-order valence-corrected chi connectivity index (χ1v) is 8.95. The first kappa shape index (κ1) is 17.4. The second kappa shape index (κ2) is 6.75. The molecule has 6 nitrogen and oxygen atoms in total. The lowest BCUT2D eigenvalue weighted by molar-refractivity contribution is 0.625. The van der Waals surface area contributed by atoms with Crippen LogP contribution in [0.1, 0.15) is 5.56 Å². The van der Waals surface area contributed by atoms with Gasteiger partial charge >= 0.3 is 0 Å². The Hall–Kier alpha value is -3.65. The fourth-order valence-corrected chi connectivity index (χ4v) is 3.45. The molecule has 0 spiro atoms. The van der Waals surface area contributed by atoms with Crippen molar-refractivity contribution in [2.45, 2.75) is 0 Å². The highest BCUT2D eigenvalue weighted by molar-refractivity contribution is 6.35. The minimum absolute atomic E-state index is 0.111. The molecule has 0 saturated heterocycles. The standard InChI is InChI=1S/C20H11ClF2N6/c21-12-3-1-4-13(22)18(12)20-26-16-8-10(15-5-2-6-24-28-15)14(23)7-11(16)19-17(27-20)9-25-29-19/h1-9H,(H,25,29)(H,26,27). The normalized spacial score (nSPS) is 12.4. The molecular formula is C20H11ClF2N6. The first-order valence-electron chi connectivity index (χ1n) is 8.57. The van der Waals surface area contributed by atoms with Crippen molar-refractivity contribution in [2.24, 2.45) is 4.99 Å². The maximum absolute atomic E-state index is 14.9. The summed E-state index contributed by atoms with van der Waals surface area (Å²) in [5, 5.41) is 17.9. The highest BCUT2D eigenvalue weighted by Gasteiger charge is 2.24. The Balaban J connectivity index is 1.78. The molecule has 0 unspecified atom stereocenters. The Kier molecular flexibility index (Phi) is 4.06. The molecule has 0 radical (unpaired) electrons. The van der Waals surface area contributed by atoms with Gasteiger partial charge in [-0.25, -0.2) is 13.8 Å². The van der Waals surface area contributed by atoms with Crippen LogP contribution < -0.4 is 5.32 Å². The van der Waals surface area contributed by atoms with E-state index in [1.165, 1.54) is 30.6 Å². The van der Waals surface area contributed by atoms with Crippen LogP contribution in [-0.2, 0) is 0 Å². The molecule has 29 heavy (non-hydrogen) atoms. The average molecular weight is 409 g/mol. The van der Waals surface area contributed by atoms with Crippen LogP contribution in [0.5, 0.6) is 0 Å². The molecule has 0 atom stereocenters. The number of anilines is 1. The number of H-pyrrole nitrogens is 1. The summed E-state index contributed by atoms with van der Waals surface area (Å²) in [6.07, 6.45) is 3.02. The molecule has 142 valence electrons. The van der Waals surface area contributed by atoms with Gasteiger partial charge in [0, 0.05) is 17.3 Å². The molecule has 9 heteroatoms. The molecule has 2 aromatic heterocycles. The second-order valence-electron chi connectivity index (χ2n) is 6.30. The average Bonchev–Trinajstić information content (AvgIpc) is 3.12. The monoisotopic (exact) mass is 408 g/mol. The number of hydrogen-bond donors (Lipinski definition) is 2. The van der Waals surface area contributed by atoms with E-state index in [0.29, 0.717) is 28.3 Å². The molecule has 0 fully saturated rings. The van der Waals surface area contributed by atoms with Gasteiger partial charge in [0.05, 0.1) is 39.5 Å². The van der Waals surface area contributed by atoms with Crippen LogP contribution in [0.25, 0.3) is 22.5 Å². The zero-order valence-corrected chi connectivity index (χ0v) is 15.4. The van der Waals surface area contributed by atoms with E-state index in [9.17, 15) is 8.78 Å². The summed E-state index contributed by atoms with van der Waals surface area (Å²) in [6, 6.07) is 10.6. The van der Waals surface area contributed by atoms with Crippen molar-refractivity contribution in [3.05, 3.63) is 77.1 Å². The third kappa shape index (κ3) is 2.94. The van der Waals surface area contributed by atoms with Gasteiger partial charge in [0.15, 0.2) is 0 Å². The lowest BCUT2D eigenvalue weighted by Gasteiger charge is -2.10. The number of fused-ring (bicyclic) bond motifs is 3. The SMILES string of the molecule is Fc1cc2c(cc1-c1cccnn1)N=C(c1c(F)cccc1Cl)Nc1cn[nH]c1-2. The molecule has 5 rings (SSSR count). The van der Waals surface area contributed by atoms with Gasteiger partial charge < -0.3 is 5.32 Å². The zero-order valence-electron chi connectivity index (χ0n) is 14.6. The number of benzene rings is 2. The van der Waals surface area contributed by atoms with Gasteiger partial charge in [-0.2, -0.15) is 15.3 Å². The van der Waals surface area contributed by atoms with Crippen molar-refractivity contribution in [1.29, 1.82) is 0 Å². The quantitative estimate of drug-likeness (QED) is 0.491. The van der Waals surface area contributed by atoms with Crippen LogP contribution in [0.3, 0.4) is 0 Å². The van der Waals surface area contributed by atoms with E-state index in [-0.39, 0.29) is 22.0 Å². The zero-order chi connectivity index (χ0) is 20.0. The molecule has 0 amide bonds. The summed E-state index contributed by atoms with van der Waals surface area (Å²) < 4.78 is 29.4. The molecule has 0 bridgehead atoms. The number of aliphatic imine (C=N–C) groups is 1. The van der Waals surface area contributed by atoms with Gasteiger partial charge in [0.2, 0.25) is 0 Å². The minimum Gasteiger partial charge on any atom is -0.337 e. The molecule has 1 aliphatic heterocycles. The number of halogens is 3. The molecule has 4 aromatic rings. The summed E-state index contributed by atoms with van der Waals surface area (Å²) in [7, 11) is 0. The second-order valence-corrected chi connectivity index (χ2v) is 6.71. The van der Waals surface area contributed by atoms with Gasteiger partial charge in [0.25, 0.3) is 0 Å². The first-order chi connectivity index (χ1) is 14.1. The van der Waals surface area contributed by atoms with Crippen LogP contribution in [0, 0.1) is 11.6 Å². The van der Waals surface area contributed by atoms with Crippen LogP contribution in [0.4, 0.5) is 20.2 Å². The Morgan fingerprint density at radius 3 is 2.66 bits per heavy atom. The van der Waals surface area contributed by atoms with E-state index in [1.807, 2.05) is 0 Å². The van der Waals surface area contributed by atoms with Crippen LogP contribution >= 0.6 is 11.6 Å². The predicted octanol–water partition coefficient (Wildman–Crippen LogP) is 4.97. The topological polar surface area (TPSA) is 78.8 Å². The van der Waals surface area contributed by atoms with Crippen molar-refractivity contribution in [3.63, 3.8) is 0 Å². The number of aromatic amines is 1. The molecule has 3 heterocycles. The van der Waals surface area contributed by atoms with Gasteiger partial charge in [-0.3, -0.25) is 5.10 Å². The highest BCUT2D eigenvalue weighted by atomic mass is 35.5. The maximum Gasteiger partial charge on any atom is 0.142 e. The lowest BCUT2D eigenvalue weighted by Crippen LogP contribution is -2.15. The molecule has 2 N–H and O–H groups in total. The van der Waals surface area contributed by atoms with E-state index in [0.717, 1.165) is 0 Å². The lowest BCUT2D eigenvalue weighted by atomic mass is 10.0. The third-order valence-electron chi connectivity index (χ3n) is 4.53. The Morgan fingerprint density at radius 1 is 0.966 bits per heavy atom. The Labute approximate surface area is 168 Å². The van der Waals surface area contributed by atoms with E-state index in [4.69, 9.17) is 11.6 Å². The van der Waals surface area contributed by atoms with Crippen molar-refractivity contribution in [1.82, 2.24) is 20.4 Å². The number of nitrogens with one attached hydrogen (secondary N) is 2. The number of rotatable bonds is 2. The fraction of sp³-hybridized carbons (Fsp3) is 0. The molecule has 1 aliphatic rings. The fourth-order valence-electron chi connectivity index (χ4n) is 3.20. The van der Waals surface area contributed by atoms with Crippen molar-refractivity contribution in [3.8, 4) is 22.5 Å². The number of hydrogen-bond acceptors (Lipinski definition) is 5. The largest absolute Gasteiger partial charge is 0.337 e. The van der Waals surface area contributed by atoms with Crippen LogP contribution in [0.15, 0.2) is 59.9 Å². The maximum atomic E-state index is 14.9. The van der Waals surface area contributed by atoms with Gasteiger partial charge in [0.1, 0.15) is 17.5 Å². The summed E-state index contributed by atoms with van der Waals surface area (Å²) in [4.78, 5) is 4.56. The Bertz CT molecular complexity index is 1250. The molecular weight excluding hydrogens is 398 g/mol. The predicted molar refractivity (Wildman–Crippen MR) is 106 cm³/mol. The van der Waals surface area contributed by atoms with Crippen molar-refractivity contribution < 1.29 is 8.78 Å².